The van der Waals surface area contributed by atoms with Gasteiger partial charge in [-0.25, -0.2) is 4.98 Å². The Kier molecular flexibility index (Phi) is 1.91. The third kappa shape index (κ3) is 1.37. The minimum absolute atomic E-state index is 0.113. The molecule has 1 aromatic heterocycles. The van der Waals surface area contributed by atoms with Crippen LogP contribution >= 0.6 is 0 Å². The van der Waals surface area contributed by atoms with Crippen LogP contribution in [0, 0.1) is 5.41 Å². The lowest BCUT2D eigenvalue weighted by molar-refractivity contribution is 0.417. The lowest BCUT2D eigenvalue weighted by Gasteiger charge is -2.18. The van der Waals surface area contributed by atoms with Crippen molar-refractivity contribution in [2.24, 2.45) is 11.1 Å². The van der Waals surface area contributed by atoms with Crippen LogP contribution in [0.25, 0.3) is 0 Å². The summed E-state index contributed by atoms with van der Waals surface area (Å²) < 4.78 is 2.13. The fraction of sp³-hybridized carbons (Fsp3) is 0.700. The average Bonchev–Trinajstić information content (AvgIpc) is 2.71. The molecule has 0 bridgehead atoms. The maximum Gasteiger partial charge on any atom is 0.126 e. The first kappa shape index (κ1) is 8.75. The van der Waals surface area contributed by atoms with Gasteiger partial charge in [-0.2, -0.15) is 0 Å². The largest absolute Gasteiger partial charge is 0.334 e. The first-order valence-electron chi connectivity index (χ1n) is 4.94. The molecule has 1 heterocycles. The van der Waals surface area contributed by atoms with E-state index in [1.807, 2.05) is 12.4 Å². The summed E-state index contributed by atoms with van der Waals surface area (Å²) in [4.78, 5) is 4.33. The van der Waals surface area contributed by atoms with Crippen molar-refractivity contribution in [3.05, 3.63) is 18.2 Å². The third-order valence-electron chi connectivity index (χ3n) is 3.16. The summed E-state index contributed by atoms with van der Waals surface area (Å²) in [5.41, 5.74) is 6.49. The van der Waals surface area contributed by atoms with Gasteiger partial charge in [0.1, 0.15) is 5.82 Å². The van der Waals surface area contributed by atoms with Crippen LogP contribution in [0.4, 0.5) is 0 Å². The van der Waals surface area contributed by atoms with Gasteiger partial charge in [-0.1, -0.05) is 6.92 Å². The summed E-state index contributed by atoms with van der Waals surface area (Å²) in [6.07, 6.45) is 6.32. The van der Waals surface area contributed by atoms with E-state index in [-0.39, 0.29) is 6.04 Å². The molecule has 1 saturated carbocycles. The van der Waals surface area contributed by atoms with Crippen molar-refractivity contribution in [3.8, 4) is 0 Å². The third-order valence-corrected chi connectivity index (χ3v) is 3.16. The molecule has 1 aliphatic rings. The van der Waals surface area contributed by atoms with Gasteiger partial charge in [0, 0.05) is 18.9 Å². The molecule has 3 heteroatoms. The van der Waals surface area contributed by atoms with E-state index in [0.29, 0.717) is 5.41 Å². The number of aromatic nitrogens is 2. The molecule has 2 rings (SSSR count). The van der Waals surface area contributed by atoms with Crippen LogP contribution in [0.5, 0.6) is 0 Å². The van der Waals surface area contributed by atoms with Crippen LogP contribution in [0.2, 0.25) is 0 Å². The Bertz CT molecular complexity index is 299. The molecule has 1 fully saturated rings. The van der Waals surface area contributed by atoms with E-state index in [1.54, 1.807) is 0 Å². The number of hydrogen-bond donors (Lipinski definition) is 1. The fourth-order valence-corrected chi connectivity index (χ4v) is 1.69. The van der Waals surface area contributed by atoms with E-state index >= 15 is 0 Å². The summed E-state index contributed by atoms with van der Waals surface area (Å²) >= 11 is 0. The summed E-state index contributed by atoms with van der Waals surface area (Å²) in [6, 6.07) is 0.113. The summed E-state index contributed by atoms with van der Waals surface area (Å²) in [6.45, 7) is 5.32. The van der Waals surface area contributed by atoms with E-state index in [1.165, 1.54) is 12.8 Å². The molecule has 1 unspecified atom stereocenters. The number of aryl methyl sites for hydroxylation is 1. The molecule has 72 valence electrons. The Morgan fingerprint density at radius 1 is 1.69 bits per heavy atom. The van der Waals surface area contributed by atoms with E-state index < -0.39 is 0 Å². The van der Waals surface area contributed by atoms with Crippen molar-refractivity contribution < 1.29 is 0 Å². The standard InChI is InChI=1S/C10H17N3/c1-3-13-7-6-12-9(13)8(11)10(2)4-5-10/h6-8H,3-5,11H2,1-2H3. The zero-order chi connectivity index (χ0) is 9.47. The van der Waals surface area contributed by atoms with Gasteiger partial charge < -0.3 is 10.3 Å². The fourth-order valence-electron chi connectivity index (χ4n) is 1.69. The minimum Gasteiger partial charge on any atom is -0.334 e. The normalized spacial score (nSPS) is 21.5. The second kappa shape index (κ2) is 2.84. The quantitative estimate of drug-likeness (QED) is 0.767. The predicted octanol–water partition coefficient (Wildman–Crippen LogP) is 1.70. The van der Waals surface area contributed by atoms with E-state index in [9.17, 15) is 0 Å². The molecule has 0 saturated heterocycles. The molecular formula is C10H17N3. The summed E-state index contributed by atoms with van der Waals surface area (Å²) in [5, 5.41) is 0. The van der Waals surface area contributed by atoms with Crippen LogP contribution in [-0.2, 0) is 6.54 Å². The molecule has 3 nitrogen and oxygen atoms in total. The molecule has 0 aromatic carbocycles. The maximum atomic E-state index is 6.17. The van der Waals surface area contributed by atoms with Gasteiger partial charge in [0.2, 0.25) is 0 Å². The molecule has 0 radical (unpaired) electrons. The Morgan fingerprint density at radius 3 is 2.92 bits per heavy atom. The lowest BCUT2D eigenvalue weighted by atomic mass is 9.99. The first-order chi connectivity index (χ1) is 6.17. The number of rotatable bonds is 3. The number of nitrogens with two attached hydrogens (primary N) is 1. The molecule has 0 amide bonds. The van der Waals surface area contributed by atoms with Gasteiger partial charge in [-0.3, -0.25) is 0 Å². The van der Waals surface area contributed by atoms with Crippen LogP contribution in [0.3, 0.4) is 0 Å². The molecule has 0 aliphatic heterocycles. The Hall–Kier alpha value is -0.830. The highest BCUT2D eigenvalue weighted by Crippen LogP contribution is 2.52. The number of hydrogen-bond acceptors (Lipinski definition) is 2. The van der Waals surface area contributed by atoms with Crippen molar-refractivity contribution in [2.75, 3.05) is 0 Å². The Balaban J connectivity index is 2.24. The van der Waals surface area contributed by atoms with Crippen molar-refractivity contribution in [1.82, 2.24) is 9.55 Å². The molecular weight excluding hydrogens is 162 g/mol. The predicted molar refractivity (Wildman–Crippen MR) is 52.2 cm³/mol. The number of nitrogens with zero attached hydrogens (tertiary/aromatic N) is 2. The van der Waals surface area contributed by atoms with Gasteiger partial charge in [-0.15, -0.1) is 0 Å². The molecule has 2 N–H and O–H groups in total. The average molecular weight is 179 g/mol. The van der Waals surface area contributed by atoms with Gasteiger partial charge in [-0.05, 0) is 25.2 Å². The topological polar surface area (TPSA) is 43.8 Å². The van der Waals surface area contributed by atoms with E-state index in [0.717, 1.165) is 12.4 Å². The first-order valence-corrected chi connectivity index (χ1v) is 4.94. The molecule has 13 heavy (non-hydrogen) atoms. The van der Waals surface area contributed by atoms with E-state index in [4.69, 9.17) is 5.73 Å². The summed E-state index contributed by atoms with van der Waals surface area (Å²) in [7, 11) is 0. The van der Waals surface area contributed by atoms with Crippen LogP contribution in [-0.4, -0.2) is 9.55 Å². The van der Waals surface area contributed by atoms with Crippen LogP contribution < -0.4 is 5.73 Å². The molecule has 1 aromatic rings. The smallest absolute Gasteiger partial charge is 0.126 e. The van der Waals surface area contributed by atoms with Crippen molar-refractivity contribution in [1.29, 1.82) is 0 Å². The second-order valence-corrected chi connectivity index (χ2v) is 4.20. The SMILES string of the molecule is CCn1ccnc1C(N)C1(C)CC1. The van der Waals surface area contributed by atoms with Crippen molar-refractivity contribution in [3.63, 3.8) is 0 Å². The van der Waals surface area contributed by atoms with Crippen molar-refractivity contribution >= 4 is 0 Å². The Morgan fingerprint density at radius 2 is 2.38 bits per heavy atom. The highest BCUT2D eigenvalue weighted by atomic mass is 15.1. The lowest BCUT2D eigenvalue weighted by Crippen LogP contribution is -2.24. The minimum atomic E-state index is 0.113. The zero-order valence-electron chi connectivity index (χ0n) is 8.33. The highest BCUT2D eigenvalue weighted by molar-refractivity contribution is 5.09. The van der Waals surface area contributed by atoms with Gasteiger partial charge in [0.25, 0.3) is 0 Å². The molecule has 1 aliphatic carbocycles. The Labute approximate surface area is 79.0 Å². The van der Waals surface area contributed by atoms with Gasteiger partial charge in [0.05, 0.1) is 6.04 Å². The van der Waals surface area contributed by atoms with Crippen LogP contribution in [0.1, 0.15) is 38.6 Å². The van der Waals surface area contributed by atoms with Crippen LogP contribution in [0.15, 0.2) is 12.4 Å². The van der Waals surface area contributed by atoms with Gasteiger partial charge >= 0.3 is 0 Å². The zero-order valence-corrected chi connectivity index (χ0v) is 8.33. The van der Waals surface area contributed by atoms with E-state index in [2.05, 4.69) is 23.4 Å². The number of imidazole rings is 1. The van der Waals surface area contributed by atoms with Gasteiger partial charge in [0.15, 0.2) is 0 Å². The second-order valence-electron chi connectivity index (χ2n) is 4.20. The monoisotopic (exact) mass is 179 g/mol. The van der Waals surface area contributed by atoms with Crippen molar-refractivity contribution in [2.45, 2.75) is 39.3 Å². The molecule has 1 atom stereocenters. The highest BCUT2D eigenvalue weighted by Gasteiger charge is 2.45. The summed E-state index contributed by atoms with van der Waals surface area (Å²) in [5.74, 6) is 1.04. The maximum absolute atomic E-state index is 6.17. The molecule has 0 spiro atoms.